The summed E-state index contributed by atoms with van der Waals surface area (Å²) in [6.45, 7) is 2.02. The first-order valence-corrected chi connectivity index (χ1v) is 11.2. The van der Waals surface area contributed by atoms with Crippen LogP contribution in [0.5, 0.6) is 5.75 Å². The highest BCUT2D eigenvalue weighted by Crippen LogP contribution is 2.49. The van der Waals surface area contributed by atoms with Crippen molar-refractivity contribution in [3.63, 3.8) is 0 Å². The van der Waals surface area contributed by atoms with Gasteiger partial charge in [0.05, 0.1) is 5.56 Å². The first kappa shape index (κ1) is 22.8. The van der Waals surface area contributed by atoms with Crippen molar-refractivity contribution in [1.29, 1.82) is 0 Å². The molecule has 0 heterocycles. The maximum absolute atomic E-state index is 15.5. The van der Waals surface area contributed by atoms with Gasteiger partial charge in [0.15, 0.2) is 0 Å². The van der Waals surface area contributed by atoms with Crippen LogP contribution in [0, 0.1) is 23.5 Å². The van der Waals surface area contributed by atoms with Gasteiger partial charge in [0.2, 0.25) is 0 Å². The fourth-order valence-corrected chi connectivity index (χ4v) is 5.53. The maximum atomic E-state index is 15.5. The zero-order valence-electron chi connectivity index (χ0n) is 18.0. The summed E-state index contributed by atoms with van der Waals surface area (Å²) in [6, 6.07) is 6.14. The van der Waals surface area contributed by atoms with E-state index in [9.17, 15) is 13.2 Å². The summed E-state index contributed by atoms with van der Waals surface area (Å²) in [5.41, 5.74) is 1.36. The molecule has 32 heavy (non-hydrogen) atoms. The van der Waals surface area contributed by atoms with E-state index in [1.807, 2.05) is 6.92 Å². The minimum Gasteiger partial charge on any atom is -0.406 e. The van der Waals surface area contributed by atoms with E-state index < -0.39 is 23.7 Å². The molecule has 2 aromatic rings. The third kappa shape index (κ3) is 4.84. The lowest BCUT2D eigenvalue weighted by molar-refractivity contribution is -0.274. The van der Waals surface area contributed by atoms with Gasteiger partial charge < -0.3 is 4.74 Å². The van der Waals surface area contributed by atoms with Crippen LogP contribution in [0.3, 0.4) is 0 Å². The molecule has 1 fully saturated rings. The Kier molecular flexibility index (Phi) is 6.59. The van der Waals surface area contributed by atoms with E-state index in [0.717, 1.165) is 56.2 Å². The Labute approximate surface area is 185 Å². The molecule has 0 bridgehead atoms. The first-order chi connectivity index (χ1) is 15.3. The van der Waals surface area contributed by atoms with Crippen LogP contribution >= 0.6 is 0 Å². The number of benzene rings is 2. The van der Waals surface area contributed by atoms with Crippen LogP contribution in [-0.2, 0) is 6.42 Å². The van der Waals surface area contributed by atoms with E-state index in [1.54, 1.807) is 0 Å². The fraction of sp³-hybridized carbons (Fsp3) is 0.462. The Morgan fingerprint density at radius 1 is 1.06 bits per heavy atom. The molecular formula is C26H27F5O. The number of fused-ring (bicyclic) bond motifs is 3. The molecule has 1 nitrogen and oxygen atoms in total. The predicted octanol–water partition coefficient (Wildman–Crippen LogP) is 8.33. The Morgan fingerprint density at radius 3 is 2.50 bits per heavy atom. The van der Waals surface area contributed by atoms with Gasteiger partial charge in [-0.2, -0.15) is 0 Å². The van der Waals surface area contributed by atoms with Gasteiger partial charge in [0.1, 0.15) is 17.4 Å². The monoisotopic (exact) mass is 450 g/mol. The predicted molar refractivity (Wildman–Crippen MR) is 114 cm³/mol. The highest BCUT2D eigenvalue weighted by atomic mass is 19.4. The quantitative estimate of drug-likeness (QED) is 0.329. The van der Waals surface area contributed by atoms with Crippen LogP contribution in [0.15, 0.2) is 42.5 Å². The molecule has 0 spiro atoms. The summed E-state index contributed by atoms with van der Waals surface area (Å²) >= 11 is 0. The van der Waals surface area contributed by atoms with Gasteiger partial charge in [-0.05, 0) is 105 Å². The van der Waals surface area contributed by atoms with Crippen LogP contribution in [0.4, 0.5) is 22.0 Å². The Hall–Kier alpha value is -2.37. The smallest absolute Gasteiger partial charge is 0.406 e. The average molecular weight is 450 g/mol. The summed E-state index contributed by atoms with van der Waals surface area (Å²) in [7, 11) is 0. The van der Waals surface area contributed by atoms with Gasteiger partial charge in [-0.25, -0.2) is 8.78 Å². The SMILES string of the molecule is C/C=C/CC[C@@H]1CC[C@@H]2c3cc(F)c(-c4ccc(OC(F)(F)F)cc4)c(F)c3CC[C@@H]2C1. The van der Waals surface area contributed by atoms with Gasteiger partial charge >= 0.3 is 6.36 Å². The minimum atomic E-state index is -4.81. The van der Waals surface area contributed by atoms with Crippen LogP contribution in [0.2, 0.25) is 0 Å². The summed E-state index contributed by atoms with van der Waals surface area (Å²) in [4.78, 5) is 0. The lowest BCUT2D eigenvalue weighted by atomic mass is 9.64. The molecule has 2 aromatic carbocycles. The van der Waals surface area contributed by atoms with Crippen LogP contribution in [-0.4, -0.2) is 6.36 Å². The molecule has 0 unspecified atom stereocenters. The molecule has 0 radical (unpaired) electrons. The normalized spacial score (nSPS) is 23.1. The van der Waals surface area contributed by atoms with Crippen molar-refractivity contribution in [2.75, 3.05) is 0 Å². The topological polar surface area (TPSA) is 9.23 Å². The highest BCUT2D eigenvalue weighted by molar-refractivity contribution is 5.68. The third-order valence-corrected chi connectivity index (χ3v) is 6.96. The second kappa shape index (κ2) is 9.24. The fourth-order valence-electron chi connectivity index (χ4n) is 5.53. The Bertz CT molecular complexity index is 977. The summed E-state index contributed by atoms with van der Waals surface area (Å²) in [6.07, 6.45) is 6.26. The second-order valence-corrected chi connectivity index (χ2v) is 8.92. The zero-order chi connectivity index (χ0) is 22.9. The number of allylic oxidation sites excluding steroid dienone is 2. The van der Waals surface area contributed by atoms with E-state index in [1.165, 1.54) is 18.2 Å². The number of rotatable bonds is 5. The van der Waals surface area contributed by atoms with Gasteiger partial charge in [-0.3, -0.25) is 0 Å². The van der Waals surface area contributed by atoms with Crippen molar-refractivity contribution in [3.8, 4) is 16.9 Å². The standard InChI is InChI=1S/C26H27F5O/c1-2-3-4-5-16-6-12-20-18(14-16)9-13-21-22(20)15-23(27)24(25(21)28)17-7-10-19(11-8-17)32-26(29,30)31/h2-3,7-8,10-11,15-16,18,20H,4-6,9,12-14H2,1H3/b3-2+/t16-,18-,20+/m1/s1. The maximum Gasteiger partial charge on any atom is 0.573 e. The molecule has 0 N–H and O–H groups in total. The molecule has 0 aromatic heterocycles. The van der Waals surface area contributed by atoms with E-state index >= 15 is 8.78 Å². The molecule has 172 valence electrons. The van der Waals surface area contributed by atoms with E-state index in [4.69, 9.17) is 0 Å². The molecule has 2 aliphatic rings. The molecule has 6 heteroatoms. The molecule has 4 rings (SSSR count). The van der Waals surface area contributed by atoms with Crippen molar-refractivity contribution in [1.82, 2.24) is 0 Å². The summed E-state index contributed by atoms with van der Waals surface area (Å²) in [5.74, 6) is -0.373. The number of alkyl halides is 3. The molecule has 2 aliphatic carbocycles. The number of hydrogen-bond acceptors (Lipinski definition) is 1. The largest absolute Gasteiger partial charge is 0.573 e. The van der Waals surface area contributed by atoms with Crippen molar-refractivity contribution >= 4 is 0 Å². The number of halogens is 5. The minimum absolute atomic E-state index is 0.178. The summed E-state index contributed by atoms with van der Waals surface area (Å²) < 4.78 is 71.5. The van der Waals surface area contributed by atoms with Crippen molar-refractivity contribution in [3.05, 3.63) is 65.2 Å². The van der Waals surface area contributed by atoms with E-state index in [0.29, 0.717) is 23.8 Å². The molecule has 3 atom stereocenters. The zero-order valence-corrected chi connectivity index (χ0v) is 18.0. The van der Waals surface area contributed by atoms with Gasteiger partial charge in [0, 0.05) is 0 Å². The van der Waals surface area contributed by atoms with E-state index in [2.05, 4.69) is 16.9 Å². The highest BCUT2D eigenvalue weighted by Gasteiger charge is 2.37. The molecular weight excluding hydrogens is 423 g/mol. The lowest BCUT2D eigenvalue weighted by Gasteiger charge is -2.41. The van der Waals surface area contributed by atoms with Crippen molar-refractivity contribution in [2.24, 2.45) is 11.8 Å². The molecule has 0 aliphatic heterocycles. The number of hydrogen-bond donors (Lipinski definition) is 0. The van der Waals surface area contributed by atoms with Crippen LogP contribution in [0.25, 0.3) is 11.1 Å². The third-order valence-electron chi connectivity index (χ3n) is 6.96. The Morgan fingerprint density at radius 2 is 1.81 bits per heavy atom. The lowest BCUT2D eigenvalue weighted by Crippen LogP contribution is -2.29. The average Bonchev–Trinajstić information content (AvgIpc) is 2.74. The van der Waals surface area contributed by atoms with Crippen LogP contribution in [0.1, 0.15) is 62.5 Å². The molecule has 1 saturated carbocycles. The summed E-state index contributed by atoms with van der Waals surface area (Å²) in [5, 5.41) is 0. The molecule has 0 saturated heterocycles. The second-order valence-electron chi connectivity index (χ2n) is 8.92. The van der Waals surface area contributed by atoms with Gasteiger partial charge in [-0.1, -0.05) is 24.3 Å². The molecule has 0 amide bonds. The van der Waals surface area contributed by atoms with Crippen molar-refractivity contribution in [2.45, 2.75) is 64.1 Å². The first-order valence-electron chi connectivity index (χ1n) is 11.2. The van der Waals surface area contributed by atoms with Gasteiger partial charge in [0.25, 0.3) is 0 Å². The van der Waals surface area contributed by atoms with E-state index in [-0.39, 0.29) is 17.0 Å². The van der Waals surface area contributed by atoms with Crippen molar-refractivity contribution < 1.29 is 26.7 Å². The Balaban J connectivity index is 1.57. The van der Waals surface area contributed by atoms with Gasteiger partial charge in [-0.15, -0.1) is 13.2 Å². The number of ether oxygens (including phenoxy) is 1. The van der Waals surface area contributed by atoms with Crippen LogP contribution < -0.4 is 4.74 Å².